The number of carboxylic acids is 1. The first-order valence-corrected chi connectivity index (χ1v) is 9.02. The average Bonchev–Trinajstić information content (AvgIpc) is 3.03. The molecule has 142 valence electrons. The number of aromatic amines is 1. The van der Waals surface area contributed by atoms with Gasteiger partial charge in [0.15, 0.2) is 5.69 Å². The van der Waals surface area contributed by atoms with Gasteiger partial charge in [-0.2, -0.15) is 0 Å². The van der Waals surface area contributed by atoms with E-state index in [1.807, 2.05) is 18.2 Å². The Morgan fingerprint density at radius 3 is 2.57 bits per heavy atom. The number of halogens is 2. The number of carbonyl (C=O) groups is 1. The van der Waals surface area contributed by atoms with Gasteiger partial charge in [0.1, 0.15) is 11.5 Å². The second-order valence-corrected chi connectivity index (χ2v) is 6.94. The van der Waals surface area contributed by atoms with Crippen LogP contribution in [0.1, 0.15) is 16.1 Å². The highest BCUT2D eigenvalue weighted by Crippen LogP contribution is 2.35. The molecule has 0 saturated carbocycles. The number of rotatable bonds is 5. The Morgan fingerprint density at radius 1 is 1.11 bits per heavy atom. The standard InChI is InChI=1S/C20H14Cl2N2O4/c1-27-9-13-18-12-6-10(28-11-2-4-14(21)15(22)7-11)3-5-16(12)24-17(18)8-23-19(13)20(25)26/h2-8,24H,9H2,1H3,(H,25,26). The number of pyridine rings is 1. The highest BCUT2D eigenvalue weighted by molar-refractivity contribution is 6.42. The van der Waals surface area contributed by atoms with Crippen molar-refractivity contribution >= 4 is 51.0 Å². The lowest BCUT2D eigenvalue weighted by atomic mass is 10.1. The summed E-state index contributed by atoms with van der Waals surface area (Å²) in [5.41, 5.74) is 2.02. The van der Waals surface area contributed by atoms with Crippen molar-refractivity contribution in [3.05, 3.63) is 63.9 Å². The van der Waals surface area contributed by atoms with Gasteiger partial charge in [0, 0.05) is 35.0 Å². The molecule has 0 aliphatic carbocycles. The zero-order valence-corrected chi connectivity index (χ0v) is 16.1. The Kier molecular flexibility index (Phi) is 4.85. The molecule has 0 radical (unpaired) electrons. The summed E-state index contributed by atoms with van der Waals surface area (Å²) in [5.74, 6) is 0.00829. The van der Waals surface area contributed by atoms with Crippen molar-refractivity contribution in [2.75, 3.05) is 7.11 Å². The van der Waals surface area contributed by atoms with Gasteiger partial charge in [-0.05, 0) is 30.3 Å². The molecule has 0 bridgehead atoms. The number of methoxy groups -OCH3 is 1. The van der Waals surface area contributed by atoms with Crippen LogP contribution < -0.4 is 4.74 Å². The molecule has 6 nitrogen and oxygen atoms in total. The second kappa shape index (κ2) is 7.31. The highest BCUT2D eigenvalue weighted by Gasteiger charge is 2.19. The monoisotopic (exact) mass is 416 g/mol. The normalized spacial score (nSPS) is 11.2. The number of fused-ring (bicyclic) bond motifs is 3. The van der Waals surface area contributed by atoms with Crippen molar-refractivity contribution < 1.29 is 19.4 Å². The molecule has 0 aliphatic rings. The number of hydrogen-bond acceptors (Lipinski definition) is 4. The molecule has 0 atom stereocenters. The predicted molar refractivity (Wildman–Crippen MR) is 108 cm³/mol. The molecule has 8 heteroatoms. The number of aromatic carboxylic acids is 1. The third kappa shape index (κ3) is 3.26. The lowest BCUT2D eigenvalue weighted by Gasteiger charge is -2.08. The summed E-state index contributed by atoms with van der Waals surface area (Å²) >= 11 is 12.0. The van der Waals surface area contributed by atoms with Gasteiger partial charge in [0.05, 0.1) is 28.4 Å². The number of nitrogens with zero attached hydrogens (tertiary/aromatic N) is 1. The molecule has 2 heterocycles. The number of carboxylic acid groups (broad SMARTS) is 1. The predicted octanol–water partition coefficient (Wildman–Crippen LogP) is 5.66. The van der Waals surface area contributed by atoms with Crippen LogP contribution >= 0.6 is 23.2 Å². The van der Waals surface area contributed by atoms with E-state index in [4.69, 9.17) is 32.7 Å². The molecule has 4 rings (SSSR count). The van der Waals surface area contributed by atoms with Gasteiger partial charge in [-0.15, -0.1) is 0 Å². The SMILES string of the molecule is COCc1c(C(=O)O)ncc2[nH]c3ccc(Oc4ccc(Cl)c(Cl)c4)cc3c12. The Balaban J connectivity index is 1.87. The third-order valence-corrected chi connectivity index (χ3v) is 5.07. The molecule has 2 aromatic carbocycles. The highest BCUT2D eigenvalue weighted by atomic mass is 35.5. The van der Waals surface area contributed by atoms with Crippen LogP contribution in [-0.2, 0) is 11.3 Å². The van der Waals surface area contributed by atoms with E-state index in [0.717, 1.165) is 21.8 Å². The third-order valence-electron chi connectivity index (χ3n) is 4.33. The fraction of sp³-hybridized carbons (Fsp3) is 0.100. The van der Waals surface area contributed by atoms with Crippen LogP contribution in [0.15, 0.2) is 42.6 Å². The van der Waals surface area contributed by atoms with Crippen LogP contribution in [0.5, 0.6) is 11.5 Å². The largest absolute Gasteiger partial charge is 0.477 e. The lowest BCUT2D eigenvalue weighted by Crippen LogP contribution is -2.07. The number of H-pyrrole nitrogens is 1. The Labute approximate surface area is 169 Å². The zero-order chi connectivity index (χ0) is 19.8. The summed E-state index contributed by atoms with van der Waals surface area (Å²) in [7, 11) is 1.51. The fourth-order valence-electron chi connectivity index (χ4n) is 3.15. The van der Waals surface area contributed by atoms with Crippen molar-refractivity contribution in [2.45, 2.75) is 6.61 Å². The van der Waals surface area contributed by atoms with Crippen LogP contribution in [0.2, 0.25) is 10.0 Å². The number of ether oxygens (including phenoxy) is 2. The number of nitrogens with one attached hydrogen (secondary N) is 1. The molecule has 0 saturated heterocycles. The van der Waals surface area contributed by atoms with Crippen LogP contribution in [0.3, 0.4) is 0 Å². The molecule has 0 unspecified atom stereocenters. The van der Waals surface area contributed by atoms with Gasteiger partial charge in [-0.3, -0.25) is 0 Å². The van der Waals surface area contributed by atoms with E-state index in [1.165, 1.54) is 13.3 Å². The lowest BCUT2D eigenvalue weighted by molar-refractivity contribution is 0.0685. The zero-order valence-electron chi connectivity index (χ0n) is 14.6. The van der Waals surface area contributed by atoms with E-state index in [-0.39, 0.29) is 12.3 Å². The summed E-state index contributed by atoms with van der Waals surface area (Å²) in [6.45, 7) is 0.122. The molecule has 0 amide bonds. The van der Waals surface area contributed by atoms with Crippen molar-refractivity contribution in [1.82, 2.24) is 9.97 Å². The molecule has 2 aromatic heterocycles. The first kappa shape index (κ1) is 18.6. The topological polar surface area (TPSA) is 84.4 Å². The molecular weight excluding hydrogens is 403 g/mol. The Hall–Kier alpha value is -2.80. The molecule has 0 aliphatic heterocycles. The molecule has 4 aromatic rings. The summed E-state index contributed by atoms with van der Waals surface area (Å²) in [5, 5.41) is 11.9. The minimum Gasteiger partial charge on any atom is -0.477 e. The van der Waals surface area contributed by atoms with Gasteiger partial charge in [-0.25, -0.2) is 9.78 Å². The van der Waals surface area contributed by atoms with Gasteiger partial charge in [0.2, 0.25) is 0 Å². The van der Waals surface area contributed by atoms with Gasteiger partial charge in [0.25, 0.3) is 0 Å². The fourth-order valence-corrected chi connectivity index (χ4v) is 3.44. The maximum atomic E-state index is 11.6. The van der Waals surface area contributed by atoms with E-state index >= 15 is 0 Å². The van der Waals surface area contributed by atoms with Crippen molar-refractivity contribution in [3.63, 3.8) is 0 Å². The van der Waals surface area contributed by atoms with Crippen LogP contribution in [0, 0.1) is 0 Å². The maximum absolute atomic E-state index is 11.6. The summed E-state index contributed by atoms with van der Waals surface area (Å²) in [6, 6.07) is 10.5. The van der Waals surface area contributed by atoms with Crippen LogP contribution in [0.25, 0.3) is 21.8 Å². The van der Waals surface area contributed by atoms with Crippen molar-refractivity contribution in [2.24, 2.45) is 0 Å². The van der Waals surface area contributed by atoms with E-state index in [1.54, 1.807) is 18.2 Å². The second-order valence-electron chi connectivity index (χ2n) is 6.12. The Morgan fingerprint density at radius 2 is 1.86 bits per heavy atom. The van der Waals surface area contributed by atoms with Gasteiger partial charge < -0.3 is 19.6 Å². The Bertz CT molecular complexity index is 1220. The quantitative estimate of drug-likeness (QED) is 0.438. The van der Waals surface area contributed by atoms with E-state index in [9.17, 15) is 9.90 Å². The smallest absolute Gasteiger partial charge is 0.354 e. The number of aromatic nitrogens is 2. The van der Waals surface area contributed by atoms with Gasteiger partial charge >= 0.3 is 5.97 Å². The summed E-state index contributed by atoms with van der Waals surface area (Å²) < 4.78 is 11.1. The first-order chi connectivity index (χ1) is 13.5. The molecule has 0 spiro atoms. The summed E-state index contributed by atoms with van der Waals surface area (Å²) in [4.78, 5) is 18.9. The van der Waals surface area contributed by atoms with Crippen LogP contribution in [0.4, 0.5) is 0 Å². The molecule has 0 fully saturated rings. The molecule has 2 N–H and O–H groups in total. The van der Waals surface area contributed by atoms with E-state index in [0.29, 0.717) is 27.1 Å². The van der Waals surface area contributed by atoms with Crippen LogP contribution in [-0.4, -0.2) is 28.2 Å². The van der Waals surface area contributed by atoms with Crippen molar-refractivity contribution in [3.8, 4) is 11.5 Å². The van der Waals surface area contributed by atoms with E-state index < -0.39 is 5.97 Å². The maximum Gasteiger partial charge on any atom is 0.354 e. The molecule has 28 heavy (non-hydrogen) atoms. The minimum absolute atomic E-state index is 0.0361. The summed E-state index contributed by atoms with van der Waals surface area (Å²) in [6.07, 6.45) is 1.51. The first-order valence-electron chi connectivity index (χ1n) is 8.26. The van der Waals surface area contributed by atoms with Crippen molar-refractivity contribution in [1.29, 1.82) is 0 Å². The minimum atomic E-state index is -1.11. The number of benzene rings is 2. The van der Waals surface area contributed by atoms with Gasteiger partial charge in [-0.1, -0.05) is 23.2 Å². The average molecular weight is 417 g/mol. The number of hydrogen-bond donors (Lipinski definition) is 2. The molecular formula is C20H14Cl2N2O4. The van der Waals surface area contributed by atoms with E-state index in [2.05, 4.69) is 9.97 Å².